The van der Waals surface area contributed by atoms with Crippen LogP contribution < -0.4 is 0 Å². The molecule has 1 unspecified atom stereocenters. The van der Waals surface area contributed by atoms with Gasteiger partial charge in [-0.15, -0.1) is 5.73 Å². The molecule has 1 nitrogen and oxygen atoms in total. The maximum Gasteiger partial charge on any atom is 0.0493 e. The van der Waals surface area contributed by atoms with Crippen LogP contribution in [-0.2, 0) is 0 Å². The maximum absolute atomic E-state index is 4.07. The highest BCUT2D eigenvalue weighted by atomic mass is 14.7. The number of aliphatic imine (C=N–C) groups is 1. The summed E-state index contributed by atoms with van der Waals surface area (Å²) in [6.45, 7) is 15.2. The van der Waals surface area contributed by atoms with Crippen LogP contribution in [0.1, 0.15) is 33.1 Å². The largest absolute Gasteiger partial charge is 0.298 e. The lowest BCUT2D eigenvalue weighted by Crippen LogP contribution is -2.01. The number of hydrogen-bond acceptors (Lipinski definition) is 1. The van der Waals surface area contributed by atoms with Crippen molar-refractivity contribution in [3.63, 3.8) is 0 Å². The average Bonchev–Trinajstić information content (AvgIpc) is 2.18. The Morgan fingerprint density at radius 2 is 2.20 bits per heavy atom. The van der Waals surface area contributed by atoms with E-state index in [1.54, 1.807) is 0 Å². The van der Waals surface area contributed by atoms with Gasteiger partial charge in [-0.05, 0) is 44.6 Å². The van der Waals surface area contributed by atoms with E-state index in [9.17, 15) is 0 Å². The summed E-state index contributed by atoms with van der Waals surface area (Å²) >= 11 is 0. The van der Waals surface area contributed by atoms with Gasteiger partial charge in [-0.2, -0.15) is 0 Å². The molecule has 0 aliphatic carbocycles. The number of allylic oxidation sites excluding steroid dienone is 4. The normalized spacial score (nSPS) is 12.8. The van der Waals surface area contributed by atoms with Crippen LogP contribution in [0.3, 0.4) is 0 Å². The molecule has 0 aromatic rings. The van der Waals surface area contributed by atoms with E-state index in [2.05, 4.69) is 43.6 Å². The zero-order chi connectivity index (χ0) is 11.7. The highest BCUT2D eigenvalue weighted by Gasteiger charge is 2.03. The predicted octanol–water partition coefficient (Wildman–Crippen LogP) is 4.09. The topological polar surface area (TPSA) is 12.4 Å². The van der Waals surface area contributed by atoms with Crippen LogP contribution in [0, 0.1) is 0 Å². The minimum Gasteiger partial charge on any atom is -0.298 e. The molecule has 0 aliphatic heterocycles. The summed E-state index contributed by atoms with van der Waals surface area (Å²) in [5.41, 5.74) is 5.06. The zero-order valence-corrected chi connectivity index (χ0v) is 9.92. The second-order valence-electron chi connectivity index (χ2n) is 3.70. The van der Waals surface area contributed by atoms with Gasteiger partial charge >= 0.3 is 0 Å². The second-order valence-corrected chi connectivity index (χ2v) is 3.70. The highest BCUT2D eigenvalue weighted by molar-refractivity contribution is 5.27. The molecule has 0 aromatic carbocycles. The number of hydrogen-bond donors (Lipinski definition) is 0. The van der Waals surface area contributed by atoms with Crippen LogP contribution in [0.2, 0.25) is 0 Å². The summed E-state index contributed by atoms with van der Waals surface area (Å²) in [5.74, 6) is 0. The third-order valence-electron chi connectivity index (χ3n) is 2.21. The van der Waals surface area contributed by atoms with Crippen LogP contribution in [0.25, 0.3) is 0 Å². The fourth-order valence-corrected chi connectivity index (χ4v) is 1.39. The van der Waals surface area contributed by atoms with Crippen molar-refractivity contribution in [2.45, 2.75) is 39.2 Å². The van der Waals surface area contributed by atoms with Crippen molar-refractivity contribution in [1.82, 2.24) is 0 Å². The molecule has 0 radical (unpaired) electrons. The molecule has 15 heavy (non-hydrogen) atoms. The molecule has 0 amide bonds. The van der Waals surface area contributed by atoms with Gasteiger partial charge in [0.2, 0.25) is 0 Å². The molecular weight excluding hydrogens is 182 g/mol. The Bertz CT molecular complexity index is 290. The fraction of sp³-hybridized carbons (Fsp3) is 0.429. The zero-order valence-electron chi connectivity index (χ0n) is 9.92. The van der Waals surface area contributed by atoms with E-state index in [0.717, 1.165) is 24.8 Å². The first-order valence-corrected chi connectivity index (χ1v) is 5.31. The Morgan fingerprint density at radius 1 is 1.53 bits per heavy atom. The second kappa shape index (κ2) is 8.02. The molecular formula is C14H21N. The van der Waals surface area contributed by atoms with Crippen molar-refractivity contribution >= 4 is 6.72 Å². The van der Waals surface area contributed by atoms with E-state index >= 15 is 0 Å². The molecule has 0 bridgehead atoms. The minimum absolute atomic E-state index is 0.358. The van der Waals surface area contributed by atoms with Crippen molar-refractivity contribution in [3.8, 4) is 0 Å². The molecule has 0 N–H and O–H groups in total. The summed E-state index contributed by atoms with van der Waals surface area (Å²) in [5, 5.41) is 0. The van der Waals surface area contributed by atoms with Crippen LogP contribution in [-0.4, -0.2) is 12.8 Å². The van der Waals surface area contributed by atoms with Crippen LogP contribution in [0.4, 0.5) is 0 Å². The van der Waals surface area contributed by atoms with Crippen molar-refractivity contribution < 1.29 is 0 Å². The van der Waals surface area contributed by atoms with E-state index in [0.29, 0.717) is 6.04 Å². The van der Waals surface area contributed by atoms with E-state index in [-0.39, 0.29) is 0 Å². The van der Waals surface area contributed by atoms with E-state index < -0.39 is 0 Å². The van der Waals surface area contributed by atoms with E-state index in [4.69, 9.17) is 0 Å². The summed E-state index contributed by atoms with van der Waals surface area (Å²) in [4.78, 5) is 4.07. The van der Waals surface area contributed by atoms with Crippen LogP contribution in [0.15, 0.2) is 47.2 Å². The molecule has 0 saturated heterocycles. The van der Waals surface area contributed by atoms with Crippen molar-refractivity contribution in [3.05, 3.63) is 42.2 Å². The van der Waals surface area contributed by atoms with Gasteiger partial charge < -0.3 is 0 Å². The van der Waals surface area contributed by atoms with Crippen molar-refractivity contribution in [2.24, 2.45) is 4.99 Å². The molecule has 0 fully saturated rings. The fourth-order valence-electron chi connectivity index (χ4n) is 1.39. The maximum atomic E-state index is 4.07. The standard InChI is InChI=1S/C14H21N/c1-6-8-13(11-12(3)4)9-10-14(7-2)15-5/h8,11,14H,1,3,5,7,9-10H2,2,4H3/b13-11+. The minimum atomic E-state index is 0.358. The SMILES string of the molecule is C=C=C/C(=C\C(=C)C)CCC(CC)N=C. The number of nitrogens with zero attached hydrogens (tertiary/aromatic N) is 1. The van der Waals surface area contributed by atoms with E-state index in [1.807, 2.05) is 13.0 Å². The lowest BCUT2D eigenvalue weighted by atomic mass is 10.0. The summed E-state index contributed by atoms with van der Waals surface area (Å²) < 4.78 is 0. The molecule has 82 valence electrons. The molecule has 0 saturated carbocycles. The molecule has 1 heteroatoms. The average molecular weight is 203 g/mol. The predicted molar refractivity (Wildman–Crippen MR) is 69.5 cm³/mol. The Kier molecular flexibility index (Phi) is 7.31. The molecule has 0 aromatic heterocycles. The Labute approximate surface area is 93.6 Å². The third-order valence-corrected chi connectivity index (χ3v) is 2.21. The monoisotopic (exact) mass is 203 g/mol. The van der Waals surface area contributed by atoms with Gasteiger partial charge in [0.05, 0.1) is 0 Å². The lowest BCUT2D eigenvalue weighted by molar-refractivity contribution is 0.603. The quantitative estimate of drug-likeness (QED) is 0.336. The lowest BCUT2D eigenvalue weighted by Gasteiger charge is -2.08. The summed E-state index contributed by atoms with van der Waals surface area (Å²) in [7, 11) is 0. The summed E-state index contributed by atoms with van der Waals surface area (Å²) in [6.07, 6.45) is 7.02. The molecule has 1 atom stereocenters. The van der Waals surface area contributed by atoms with Gasteiger partial charge in [-0.3, -0.25) is 4.99 Å². The van der Waals surface area contributed by atoms with Gasteiger partial charge in [0.15, 0.2) is 0 Å². The van der Waals surface area contributed by atoms with Gasteiger partial charge in [-0.1, -0.05) is 31.7 Å². The Hall–Kier alpha value is -1.33. The van der Waals surface area contributed by atoms with Crippen LogP contribution >= 0.6 is 0 Å². The van der Waals surface area contributed by atoms with Crippen molar-refractivity contribution in [2.75, 3.05) is 0 Å². The van der Waals surface area contributed by atoms with Gasteiger partial charge in [0.25, 0.3) is 0 Å². The van der Waals surface area contributed by atoms with E-state index in [1.165, 1.54) is 5.57 Å². The molecule has 0 rings (SSSR count). The molecule has 0 heterocycles. The summed E-state index contributed by atoms with van der Waals surface area (Å²) in [6, 6.07) is 0.358. The van der Waals surface area contributed by atoms with Crippen molar-refractivity contribution in [1.29, 1.82) is 0 Å². The van der Waals surface area contributed by atoms with Crippen LogP contribution in [0.5, 0.6) is 0 Å². The molecule has 0 aliphatic rings. The third kappa shape index (κ3) is 6.70. The first-order valence-electron chi connectivity index (χ1n) is 5.31. The smallest absolute Gasteiger partial charge is 0.0493 e. The van der Waals surface area contributed by atoms with Gasteiger partial charge in [-0.25, -0.2) is 0 Å². The van der Waals surface area contributed by atoms with Gasteiger partial charge in [0.1, 0.15) is 0 Å². The van der Waals surface area contributed by atoms with Gasteiger partial charge in [0, 0.05) is 6.04 Å². The first kappa shape index (κ1) is 13.7. The highest BCUT2D eigenvalue weighted by Crippen LogP contribution is 2.14. The first-order chi connectivity index (χ1) is 7.13. The number of rotatable bonds is 7. The Balaban J connectivity index is 4.36. The Morgan fingerprint density at radius 3 is 2.60 bits per heavy atom. The molecule has 0 spiro atoms.